The molecule has 2 N–H and O–H groups in total. The van der Waals surface area contributed by atoms with Crippen molar-refractivity contribution in [3.05, 3.63) is 63.6 Å². The van der Waals surface area contributed by atoms with Gasteiger partial charge in [0.15, 0.2) is 0 Å². The number of carboxylic acid groups (broad SMARTS) is 1. The molecule has 2 aromatic rings. The van der Waals surface area contributed by atoms with Crippen LogP contribution in [0.3, 0.4) is 0 Å². The highest BCUT2D eigenvalue weighted by atomic mass is 79.9. The smallest absolute Gasteiger partial charge is 0.335 e. The number of anilines is 1. The zero-order valence-corrected chi connectivity index (χ0v) is 15.4. The second-order valence-electron chi connectivity index (χ2n) is 7.72. The second-order valence-corrected chi connectivity index (χ2v) is 8.63. The minimum atomic E-state index is -0.865. The van der Waals surface area contributed by atoms with E-state index in [9.17, 15) is 4.79 Å². The van der Waals surface area contributed by atoms with Gasteiger partial charge < -0.3 is 10.4 Å². The SMILES string of the molecule is O=C(O)c1ccc([C@@H]2Nc3ccc(Br)cc3[C@H]3[C@H]4CC[C@@H](C4)[C@@H]32)cc1. The first-order chi connectivity index (χ1) is 12.1. The molecule has 1 heterocycles. The van der Waals surface area contributed by atoms with Gasteiger partial charge in [0, 0.05) is 10.2 Å². The van der Waals surface area contributed by atoms with Crippen LogP contribution in [0, 0.1) is 17.8 Å². The van der Waals surface area contributed by atoms with Crippen molar-refractivity contribution < 1.29 is 9.90 Å². The Morgan fingerprint density at radius 1 is 1.08 bits per heavy atom. The lowest BCUT2D eigenvalue weighted by Crippen LogP contribution is -2.35. The van der Waals surface area contributed by atoms with Crippen molar-refractivity contribution in [3.8, 4) is 0 Å². The second kappa shape index (κ2) is 5.60. The van der Waals surface area contributed by atoms with Crippen LogP contribution >= 0.6 is 15.9 Å². The Kier molecular flexibility index (Phi) is 3.46. The van der Waals surface area contributed by atoms with E-state index in [1.54, 1.807) is 12.1 Å². The molecule has 2 saturated carbocycles. The molecule has 0 aromatic heterocycles. The van der Waals surface area contributed by atoms with Gasteiger partial charge in [0.1, 0.15) is 0 Å². The Morgan fingerprint density at radius 2 is 1.84 bits per heavy atom. The van der Waals surface area contributed by atoms with E-state index in [4.69, 9.17) is 5.11 Å². The lowest BCUT2D eigenvalue weighted by molar-refractivity contribution is 0.0697. The summed E-state index contributed by atoms with van der Waals surface area (Å²) in [5.74, 6) is 1.94. The van der Waals surface area contributed by atoms with Crippen molar-refractivity contribution >= 4 is 27.6 Å². The summed E-state index contributed by atoms with van der Waals surface area (Å²) in [6.07, 6.45) is 4.02. The van der Waals surface area contributed by atoms with Crippen LogP contribution in [-0.4, -0.2) is 11.1 Å². The molecular formula is C21H20BrNO2. The average molecular weight is 398 g/mol. The van der Waals surface area contributed by atoms with Crippen LogP contribution in [-0.2, 0) is 0 Å². The average Bonchev–Trinajstić information content (AvgIpc) is 3.23. The quantitative estimate of drug-likeness (QED) is 0.708. The molecule has 0 spiro atoms. The van der Waals surface area contributed by atoms with E-state index in [2.05, 4.69) is 39.4 Å². The topological polar surface area (TPSA) is 49.3 Å². The molecule has 0 amide bonds. The van der Waals surface area contributed by atoms with Gasteiger partial charge >= 0.3 is 5.97 Å². The Bertz CT molecular complexity index is 847. The molecule has 0 radical (unpaired) electrons. The molecular weight excluding hydrogens is 378 g/mol. The molecule has 2 aliphatic carbocycles. The molecule has 2 bridgehead atoms. The van der Waals surface area contributed by atoms with Crippen molar-refractivity contribution in [2.24, 2.45) is 17.8 Å². The molecule has 3 nitrogen and oxygen atoms in total. The fraction of sp³-hybridized carbons (Fsp3) is 0.381. The summed E-state index contributed by atoms with van der Waals surface area (Å²) in [6, 6.07) is 14.3. The number of benzene rings is 2. The number of nitrogens with one attached hydrogen (secondary N) is 1. The fourth-order valence-corrected chi connectivity index (χ4v) is 6.00. The van der Waals surface area contributed by atoms with E-state index >= 15 is 0 Å². The van der Waals surface area contributed by atoms with Crippen LogP contribution in [0.5, 0.6) is 0 Å². The zero-order chi connectivity index (χ0) is 17.1. The highest BCUT2D eigenvalue weighted by Crippen LogP contribution is 2.63. The summed E-state index contributed by atoms with van der Waals surface area (Å²) in [5, 5.41) is 12.9. The molecule has 2 aromatic carbocycles. The van der Waals surface area contributed by atoms with E-state index in [0.29, 0.717) is 17.4 Å². The van der Waals surface area contributed by atoms with Gasteiger partial charge in [-0.25, -0.2) is 4.79 Å². The third kappa shape index (κ3) is 2.34. The van der Waals surface area contributed by atoms with Crippen molar-refractivity contribution in [3.63, 3.8) is 0 Å². The number of carboxylic acids is 1. The largest absolute Gasteiger partial charge is 0.478 e. The number of fused-ring (bicyclic) bond motifs is 7. The van der Waals surface area contributed by atoms with Crippen LogP contribution in [0.25, 0.3) is 0 Å². The maximum absolute atomic E-state index is 11.2. The number of carbonyl (C=O) groups is 1. The van der Waals surface area contributed by atoms with Crippen LogP contribution in [0.2, 0.25) is 0 Å². The number of rotatable bonds is 2. The summed E-state index contributed by atoms with van der Waals surface area (Å²) < 4.78 is 1.15. The van der Waals surface area contributed by atoms with Crippen LogP contribution in [0.1, 0.15) is 52.7 Å². The summed E-state index contributed by atoms with van der Waals surface area (Å²) in [6.45, 7) is 0. The van der Waals surface area contributed by atoms with Crippen molar-refractivity contribution in [1.82, 2.24) is 0 Å². The van der Waals surface area contributed by atoms with E-state index in [0.717, 1.165) is 16.3 Å². The maximum Gasteiger partial charge on any atom is 0.335 e. The Balaban J connectivity index is 1.58. The van der Waals surface area contributed by atoms with E-state index in [-0.39, 0.29) is 6.04 Å². The summed E-state index contributed by atoms with van der Waals surface area (Å²) in [5.41, 5.74) is 4.27. The molecule has 0 unspecified atom stereocenters. The van der Waals surface area contributed by atoms with E-state index in [1.807, 2.05) is 12.1 Å². The first kappa shape index (κ1) is 15.4. The molecule has 0 saturated heterocycles. The standard InChI is InChI=1S/C21H20BrNO2/c22-15-7-8-17-16(10-15)18-13-5-6-14(9-13)19(18)20(23-17)11-1-3-12(4-2-11)21(24)25/h1-4,7-8,10,13-14,18-20,23H,5-6,9H2,(H,24,25)/t13-,14-,18+,19-,20-/m0/s1. The van der Waals surface area contributed by atoms with Crippen molar-refractivity contribution in [1.29, 1.82) is 0 Å². The minimum absolute atomic E-state index is 0.275. The van der Waals surface area contributed by atoms with Crippen molar-refractivity contribution in [2.45, 2.75) is 31.2 Å². The van der Waals surface area contributed by atoms with Gasteiger partial charge in [-0.15, -0.1) is 0 Å². The summed E-state index contributed by atoms with van der Waals surface area (Å²) >= 11 is 3.64. The normalized spacial score (nSPS) is 32.0. The number of hydrogen-bond acceptors (Lipinski definition) is 2. The Hall–Kier alpha value is -1.81. The van der Waals surface area contributed by atoms with Gasteiger partial charge in [-0.2, -0.15) is 0 Å². The third-order valence-electron chi connectivity index (χ3n) is 6.57. The molecule has 5 rings (SSSR count). The van der Waals surface area contributed by atoms with Gasteiger partial charge in [-0.1, -0.05) is 28.1 Å². The molecule has 25 heavy (non-hydrogen) atoms. The van der Waals surface area contributed by atoms with Gasteiger partial charge in [0.05, 0.1) is 11.6 Å². The first-order valence-corrected chi connectivity index (χ1v) is 9.80. The van der Waals surface area contributed by atoms with Gasteiger partial charge in [0.2, 0.25) is 0 Å². The Morgan fingerprint density at radius 3 is 2.60 bits per heavy atom. The van der Waals surface area contributed by atoms with E-state index in [1.165, 1.54) is 36.1 Å². The van der Waals surface area contributed by atoms with Gasteiger partial charge in [-0.05, 0) is 84.4 Å². The fourth-order valence-electron chi connectivity index (χ4n) is 5.62. The number of hydrogen-bond donors (Lipinski definition) is 2. The van der Waals surface area contributed by atoms with Gasteiger partial charge in [-0.3, -0.25) is 0 Å². The van der Waals surface area contributed by atoms with Gasteiger partial charge in [0.25, 0.3) is 0 Å². The van der Waals surface area contributed by atoms with Crippen molar-refractivity contribution in [2.75, 3.05) is 5.32 Å². The van der Waals surface area contributed by atoms with Crippen LogP contribution in [0.4, 0.5) is 5.69 Å². The van der Waals surface area contributed by atoms with Crippen LogP contribution < -0.4 is 5.32 Å². The number of aromatic carboxylic acids is 1. The number of halogens is 1. The first-order valence-electron chi connectivity index (χ1n) is 9.01. The molecule has 128 valence electrons. The predicted molar refractivity (Wildman–Crippen MR) is 101 cm³/mol. The zero-order valence-electron chi connectivity index (χ0n) is 13.8. The summed E-state index contributed by atoms with van der Waals surface area (Å²) in [7, 11) is 0. The molecule has 1 aliphatic heterocycles. The molecule has 3 aliphatic rings. The van der Waals surface area contributed by atoms with E-state index < -0.39 is 5.97 Å². The lowest BCUT2D eigenvalue weighted by atomic mass is 9.68. The summed E-state index contributed by atoms with van der Waals surface area (Å²) in [4.78, 5) is 11.2. The maximum atomic E-state index is 11.2. The predicted octanol–water partition coefficient (Wildman–Crippen LogP) is 5.44. The highest BCUT2D eigenvalue weighted by molar-refractivity contribution is 9.10. The Labute approximate surface area is 155 Å². The molecule has 2 fully saturated rings. The highest BCUT2D eigenvalue weighted by Gasteiger charge is 2.53. The lowest BCUT2D eigenvalue weighted by Gasteiger charge is -2.43. The monoisotopic (exact) mass is 397 g/mol. The minimum Gasteiger partial charge on any atom is -0.478 e. The third-order valence-corrected chi connectivity index (χ3v) is 7.06. The molecule has 4 heteroatoms. The van der Waals surface area contributed by atoms with Crippen LogP contribution in [0.15, 0.2) is 46.9 Å². The molecule has 5 atom stereocenters.